The van der Waals surface area contributed by atoms with Crippen molar-refractivity contribution < 1.29 is 19.0 Å². The fourth-order valence-electron chi connectivity index (χ4n) is 7.70. The maximum absolute atomic E-state index is 11.5. The van der Waals surface area contributed by atoms with E-state index < -0.39 is 5.79 Å². The van der Waals surface area contributed by atoms with Crippen molar-refractivity contribution in [1.29, 1.82) is 0 Å². The first kappa shape index (κ1) is 21.0. The van der Waals surface area contributed by atoms with Gasteiger partial charge in [-0.05, 0) is 74.7 Å². The maximum Gasteiger partial charge on any atom is 0.302 e. The number of ether oxygens (including phenoxy) is 3. The van der Waals surface area contributed by atoms with Crippen LogP contribution in [0.1, 0.15) is 72.6 Å². The highest BCUT2D eigenvalue weighted by Gasteiger charge is 2.58. The number of esters is 1. The lowest BCUT2D eigenvalue weighted by molar-refractivity contribution is -0.149. The van der Waals surface area contributed by atoms with E-state index in [0.717, 1.165) is 44.9 Å². The molecule has 5 heteroatoms. The third kappa shape index (κ3) is 2.97. The van der Waals surface area contributed by atoms with Crippen LogP contribution in [0.25, 0.3) is 0 Å². The number of carbonyl (C=O) groups excluding carboxylic acids is 1. The number of hydrogen-bond donors (Lipinski definition) is 0. The van der Waals surface area contributed by atoms with E-state index in [2.05, 4.69) is 26.8 Å². The SMILES string of the molecule is CC(=O)O[C@H]1CCC2=C3CC[C@]4(C)C(C5(C)OCCO5)=CC[C@H]4[C@@H]3C[C@@H](Cl)[C@]2(C)C1. The van der Waals surface area contributed by atoms with Gasteiger partial charge in [-0.1, -0.05) is 31.1 Å². The van der Waals surface area contributed by atoms with E-state index in [9.17, 15) is 4.79 Å². The summed E-state index contributed by atoms with van der Waals surface area (Å²) in [4.78, 5) is 11.5. The molecular formula is C25H35ClO4. The van der Waals surface area contributed by atoms with Gasteiger partial charge in [0.25, 0.3) is 0 Å². The van der Waals surface area contributed by atoms with Crippen LogP contribution in [-0.4, -0.2) is 36.5 Å². The Labute approximate surface area is 185 Å². The fourth-order valence-corrected chi connectivity index (χ4v) is 8.11. The molecule has 2 saturated carbocycles. The first-order valence-electron chi connectivity index (χ1n) is 11.7. The Balaban J connectivity index is 1.45. The molecule has 0 spiro atoms. The van der Waals surface area contributed by atoms with Crippen LogP contribution < -0.4 is 0 Å². The van der Waals surface area contributed by atoms with Crippen molar-refractivity contribution in [3.8, 4) is 0 Å². The highest BCUT2D eigenvalue weighted by molar-refractivity contribution is 6.21. The van der Waals surface area contributed by atoms with Crippen LogP contribution in [0.4, 0.5) is 0 Å². The number of halogens is 1. The molecule has 5 rings (SSSR count). The van der Waals surface area contributed by atoms with Crippen LogP contribution in [0.15, 0.2) is 22.8 Å². The van der Waals surface area contributed by atoms with Crippen molar-refractivity contribution in [2.24, 2.45) is 22.7 Å². The fraction of sp³-hybridized carbons (Fsp3) is 0.800. The summed E-state index contributed by atoms with van der Waals surface area (Å²) in [5, 5.41) is 0.0839. The Morgan fingerprint density at radius 3 is 2.60 bits per heavy atom. The van der Waals surface area contributed by atoms with Gasteiger partial charge >= 0.3 is 5.97 Å². The number of hydrogen-bond acceptors (Lipinski definition) is 4. The first-order valence-corrected chi connectivity index (χ1v) is 12.1. The van der Waals surface area contributed by atoms with Crippen LogP contribution in [0.5, 0.6) is 0 Å². The molecule has 0 aromatic heterocycles. The normalized spacial score (nSPS) is 44.8. The van der Waals surface area contributed by atoms with Crippen molar-refractivity contribution in [2.45, 2.75) is 89.9 Å². The molecule has 0 aromatic rings. The summed E-state index contributed by atoms with van der Waals surface area (Å²) in [6.45, 7) is 9.72. The largest absolute Gasteiger partial charge is 0.463 e. The van der Waals surface area contributed by atoms with Crippen molar-refractivity contribution in [2.75, 3.05) is 13.2 Å². The quantitative estimate of drug-likeness (QED) is 0.325. The molecule has 0 unspecified atom stereocenters. The summed E-state index contributed by atoms with van der Waals surface area (Å²) in [6, 6.07) is 0. The molecule has 0 N–H and O–H groups in total. The van der Waals surface area contributed by atoms with E-state index in [1.54, 1.807) is 11.1 Å². The lowest BCUT2D eigenvalue weighted by Gasteiger charge is -2.55. The summed E-state index contributed by atoms with van der Waals surface area (Å²) in [6.07, 6.45) is 9.60. The van der Waals surface area contributed by atoms with Crippen molar-refractivity contribution in [3.05, 3.63) is 22.8 Å². The van der Waals surface area contributed by atoms with Crippen molar-refractivity contribution in [1.82, 2.24) is 0 Å². The minimum atomic E-state index is -0.556. The molecule has 4 nitrogen and oxygen atoms in total. The minimum absolute atomic E-state index is 0.000120. The number of carbonyl (C=O) groups is 1. The lowest BCUT2D eigenvalue weighted by atomic mass is 9.51. The second-order valence-corrected chi connectivity index (χ2v) is 11.3. The molecule has 0 radical (unpaired) electrons. The Hall–Kier alpha value is -0.840. The first-order chi connectivity index (χ1) is 14.2. The van der Waals surface area contributed by atoms with E-state index in [4.69, 9.17) is 25.8 Å². The van der Waals surface area contributed by atoms with Crippen molar-refractivity contribution >= 4 is 17.6 Å². The zero-order chi connectivity index (χ0) is 21.3. The van der Waals surface area contributed by atoms with Crippen LogP contribution >= 0.6 is 11.6 Å². The lowest BCUT2D eigenvalue weighted by Crippen LogP contribution is -2.50. The summed E-state index contributed by atoms with van der Waals surface area (Å²) in [5.74, 6) is 0.380. The molecule has 6 atom stereocenters. The van der Waals surface area contributed by atoms with Crippen LogP contribution in [0, 0.1) is 22.7 Å². The van der Waals surface area contributed by atoms with E-state index >= 15 is 0 Å². The predicted octanol–water partition coefficient (Wildman–Crippen LogP) is 5.54. The monoisotopic (exact) mass is 434 g/mol. The van der Waals surface area contributed by atoms with Gasteiger partial charge in [-0.25, -0.2) is 0 Å². The molecule has 30 heavy (non-hydrogen) atoms. The molecule has 0 aromatic carbocycles. The standard InChI is InChI=1S/C25H35ClO4/c1-15(27)30-16-5-6-19-17-9-10-23(2)20(18(17)13-22(26)24(19,3)14-16)7-8-21(23)25(4)28-11-12-29-25/h8,16,18,20,22H,5-7,9-14H2,1-4H3/t16-,18+,20-,22+,23-,24+/m0/s1. The number of allylic oxidation sites excluding steroid dienone is 3. The zero-order valence-electron chi connectivity index (χ0n) is 18.8. The third-order valence-electron chi connectivity index (χ3n) is 9.11. The molecule has 1 aliphatic heterocycles. The van der Waals surface area contributed by atoms with Gasteiger partial charge < -0.3 is 14.2 Å². The second-order valence-electron chi connectivity index (χ2n) is 10.7. The van der Waals surface area contributed by atoms with Crippen LogP contribution in [0.3, 0.4) is 0 Å². The van der Waals surface area contributed by atoms with Gasteiger partial charge in [0.2, 0.25) is 0 Å². The predicted molar refractivity (Wildman–Crippen MR) is 116 cm³/mol. The van der Waals surface area contributed by atoms with Gasteiger partial charge in [0.05, 0.1) is 13.2 Å². The zero-order valence-corrected chi connectivity index (χ0v) is 19.5. The Morgan fingerprint density at radius 2 is 1.90 bits per heavy atom. The summed E-state index contributed by atoms with van der Waals surface area (Å²) >= 11 is 7.14. The molecule has 1 saturated heterocycles. The Morgan fingerprint density at radius 1 is 1.17 bits per heavy atom. The van der Waals surface area contributed by atoms with Gasteiger partial charge in [0.15, 0.2) is 5.79 Å². The smallest absolute Gasteiger partial charge is 0.302 e. The summed E-state index contributed by atoms with van der Waals surface area (Å²) in [7, 11) is 0. The van der Waals surface area contributed by atoms with E-state index in [0.29, 0.717) is 25.0 Å². The highest BCUT2D eigenvalue weighted by Crippen LogP contribution is 2.65. The summed E-state index contributed by atoms with van der Waals surface area (Å²) < 4.78 is 17.7. The number of alkyl halides is 1. The second kappa shape index (κ2) is 7.08. The maximum atomic E-state index is 11.5. The van der Waals surface area contributed by atoms with Gasteiger partial charge in [-0.15, -0.1) is 11.6 Å². The molecule has 4 aliphatic carbocycles. The van der Waals surface area contributed by atoms with Gasteiger partial charge in [0.1, 0.15) is 6.10 Å². The Kier molecular flexibility index (Phi) is 4.96. The average molecular weight is 435 g/mol. The van der Waals surface area contributed by atoms with E-state index in [-0.39, 0.29) is 28.3 Å². The van der Waals surface area contributed by atoms with Gasteiger partial charge in [-0.3, -0.25) is 4.79 Å². The molecule has 0 bridgehead atoms. The third-order valence-corrected chi connectivity index (χ3v) is 9.77. The molecule has 0 amide bonds. The number of rotatable bonds is 2. The van der Waals surface area contributed by atoms with E-state index in [1.165, 1.54) is 12.5 Å². The molecule has 166 valence electrons. The molecule has 5 aliphatic rings. The molecular weight excluding hydrogens is 400 g/mol. The average Bonchev–Trinajstić information content (AvgIpc) is 3.26. The topological polar surface area (TPSA) is 44.8 Å². The minimum Gasteiger partial charge on any atom is -0.463 e. The Bertz CT molecular complexity index is 810. The molecule has 1 heterocycles. The number of fused-ring (bicyclic) bond motifs is 4. The van der Waals surface area contributed by atoms with Crippen LogP contribution in [0.2, 0.25) is 0 Å². The summed E-state index contributed by atoms with van der Waals surface area (Å²) in [5.41, 5.74) is 4.67. The molecule has 3 fully saturated rings. The van der Waals surface area contributed by atoms with Gasteiger partial charge in [-0.2, -0.15) is 0 Å². The van der Waals surface area contributed by atoms with E-state index in [1.807, 2.05) is 0 Å². The highest BCUT2D eigenvalue weighted by atomic mass is 35.5. The van der Waals surface area contributed by atoms with Crippen molar-refractivity contribution in [3.63, 3.8) is 0 Å². The van der Waals surface area contributed by atoms with Crippen LogP contribution in [-0.2, 0) is 19.0 Å². The van der Waals surface area contributed by atoms with Gasteiger partial charge in [0, 0.05) is 17.7 Å².